The van der Waals surface area contributed by atoms with E-state index in [-0.39, 0.29) is 127 Å². The van der Waals surface area contributed by atoms with Crippen LogP contribution in [0.5, 0.6) is 0 Å². The number of unbranched alkanes of at least 4 members (excludes halogenated alkanes) is 2. The van der Waals surface area contributed by atoms with E-state index in [9.17, 15) is 58.2 Å². The highest BCUT2D eigenvalue weighted by Gasteiger charge is 2.44. The Morgan fingerprint density at radius 1 is 0.592 bits per heavy atom. The minimum atomic E-state index is -1.91. The van der Waals surface area contributed by atoms with Crippen molar-refractivity contribution in [1.82, 2.24) is 94.3 Å². The van der Waals surface area contributed by atoms with E-state index in [2.05, 4.69) is 89.4 Å². The lowest BCUT2D eigenvalue weighted by atomic mass is 9.99. The molecule has 45 heteroatoms. The maximum atomic E-state index is 15.6. The van der Waals surface area contributed by atoms with Gasteiger partial charge < -0.3 is 122 Å². The Labute approximate surface area is 766 Å². The molecular formula is C85H128N22O20S3. The zero-order valence-electron chi connectivity index (χ0n) is 74.6. The van der Waals surface area contributed by atoms with Gasteiger partial charge in [-0.05, 0) is 138 Å². The summed E-state index contributed by atoms with van der Waals surface area (Å²) in [5, 5.41) is 59.0. The third-order valence-corrected chi connectivity index (χ3v) is 24.7. The predicted molar refractivity (Wildman–Crippen MR) is 486 cm³/mol. The molecule has 2 aliphatic rings. The number of imidazole rings is 1. The normalized spacial score (nSPS) is 21.3. The van der Waals surface area contributed by atoms with Gasteiger partial charge in [0.1, 0.15) is 90.6 Å². The molecule has 4 heterocycles. The van der Waals surface area contributed by atoms with Crippen molar-refractivity contribution in [2.45, 2.75) is 255 Å². The molecule has 0 bridgehead atoms. The van der Waals surface area contributed by atoms with Gasteiger partial charge in [-0.1, -0.05) is 112 Å². The summed E-state index contributed by atoms with van der Waals surface area (Å²) in [5.74, 6) is -20.7. The Hall–Kier alpha value is -11.4. The summed E-state index contributed by atoms with van der Waals surface area (Å²) < 4.78 is 0. The van der Waals surface area contributed by atoms with Gasteiger partial charge in [0.05, 0.1) is 24.5 Å². The first-order valence-electron chi connectivity index (χ1n) is 43.4. The zero-order chi connectivity index (χ0) is 96.0. The van der Waals surface area contributed by atoms with E-state index in [4.69, 9.17) is 22.9 Å². The summed E-state index contributed by atoms with van der Waals surface area (Å²) in [4.78, 5) is 271. The average molecular weight is 1870 g/mol. The number of H-pyrrole nitrogens is 2. The monoisotopic (exact) mass is 1870 g/mol. The minimum Gasteiger partial charge on any atom is -0.481 e. The summed E-state index contributed by atoms with van der Waals surface area (Å²) in [7, 11) is 1.59. The number of para-hydroxylation sites is 1. The average Bonchev–Trinajstić information content (AvgIpc) is 1.67. The largest absolute Gasteiger partial charge is 0.481 e. The number of carboxylic acid groups (broad SMARTS) is 1. The number of hydrogen-bond acceptors (Lipinski definition) is 25. The van der Waals surface area contributed by atoms with Gasteiger partial charge in [0, 0.05) is 74.0 Å². The number of aromatic amines is 2. The molecule has 2 aliphatic heterocycles. The molecule has 6 rings (SSSR count). The van der Waals surface area contributed by atoms with Crippen molar-refractivity contribution in [2.24, 2.45) is 40.7 Å². The SMILES string of the molecule is CSCC[C@H](NC(=O)[C@H](CCCCN)NC(=O)[C@@H]1CSSC[C@H](NC(=O)[C@@H](NC(=O)[C@H](CC(=O)O)NC(=O)[C@H](Cc2ccccc2)NC(C)=O)C(C)C)C(=O)N[C@@H](CCCCN)C(=O)N[C@@H](Cc2c[nH]c3ccccc23)C(=O)N[C@@H](C(C)C)C(=O)N[C@@H]([C@@H](C)O)C(=O)N[C@@H](CC(C)C)C(=O)N2CCC[C@H]2C(=O)N[C@@H](Cc2c[nH]cn2)C(=O)N1)C(=O)N[C@@H](CCC(N)=O)C(N)=O. The fraction of sp³-hybridized carbons (Fsp3) is 0.588. The smallest absolute Gasteiger partial charge is 0.305 e. The Bertz CT molecular complexity index is 4530. The number of nitrogens with zero attached hydrogens (tertiary/aromatic N) is 2. The van der Waals surface area contributed by atoms with E-state index < -0.39 is 233 Å². The number of carbonyl (C=O) groups excluding carboxylic acids is 17. The molecule has 716 valence electrons. The van der Waals surface area contributed by atoms with Crippen LogP contribution in [0.15, 0.2) is 73.3 Å². The van der Waals surface area contributed by atoms with Gasteiger partial charge in [-0.2, -0.15) is 11.8 Å². The number of aliphatic hydroxyl groups excluding tert-OH is 1. The van der Waals surface area contributed by atoms with Crippen molar-refractivity contribution in [3.05, 3.63) is 90.1 Å². The molecule has 16 atom stereocenters. The van der Waals surface area contributed by atoms with Crippen LogP contribution in [0.25, 0.3) is 10.9 Å². The predicted octanol–water partition coefficient (Wildman–Crippen LogP) is -2.91. The summed E-state index contributed by atoms with van der Waals surface area (Å²) in [6.07, 6.45) is 2.67. The summed E-state index contributed by atoms with van der Waals surface area (Å²) in [6.45, 7) is 12.2. The fourth-order valence-electron chi connectivity index (χ4n) is 14.6. The number of hydrogen-bond donors (Lipinski definition) is 22. The summed E-state index contributed by atoms with van der Waals surface area (Å²) in [6, 6.07) is -8.35. The molecule has 2 saturated heterocycles. The second-order valence-electron chi connectivity index (χ2n) is 33.3. The van der Waals surface area contributed by atoms with Crippen LogP contribution in [0.4, 0.5) is 0 Å². The molecule has 0 saturated carbocycles. The van der Waals surface area contributed by atoms with E-state index in [0.29, 0.717) is 28.5 Å². The topological polar surface area (TPSA) is 668 Å². The van der Waals surface area contributed by atoms with E-state index in [1.54, 1.807) is 94.7 Å². The Morgan fingerprint density at radius 2 is 1.18 bits per heavy atom. The molecule has 4 aromatic rings. The van der Waals surface area contributed by atoms with Gasteiger partial charge in [0.25, 0.3) is 0 Å². The molecular weight excluding hydrogens is 1750 g/mol. The maximum Gasteiger partial charge on any atom is 0.305 e. The number of aliphatic hydroxyl groups is 1. The third kappa shape index (κ3) is 34.8. The molecule has 2 aromatic heterocycles. The molecule has 0 aliphatic carbocycles. The molecule has 0 unspecified atom stereocenters. The number of carboxylic acids is 1. The molecule has 2 aromatic carbocycles. The second kappa shape index (κ2) is 54.3. The van der Waals surface area contributed by atoms with Crippen LogP contribution < -0.4 is 97.4 Å². The number of thioether (sulfide) groups is 1. The van der Waals surface area contributed by atoms with Crippen LogP contribution in [0.3, 0.4) is 0 Å². The lowest BCUT2D eigenvalue weighted by Gasteiger charge is -2.32. The Kier molecular flexibility index (Phi) is 44.8. The zero-order valence-corrected chi connectivity index (χ0v) is 77.1. The molecule has 0 radical (unpaired) electrons. The van der Waals surface area contributed by atoms with Crippen LogP contribution >= 0.6 is 33.3 Å². The molecule has 130 heavy (non-hydrogen) atoms. The number of aromatic nitrogens is 3. The van der Waals surface area contributed by atoms with Gasteiger partial charge in [-0.15, -0.1) is 0 Å². The van der Waals surface area contributed by atoms with E-state index in [0.717, 1.165) is 28.5 Å². The van der Waals surface area contributed by atoms with Crippen molar-refractivity contribution >= 4 is 151 Å². The first-order valence-corrected chi connectivity index (χ1v) is 47.3. The standard InChI is InChI=1S/C85H128N22O20S3/c1-44(2)34-62-85(127)107-32-19-26-65(107)81(123)100-60(37-51-40-90-43-92-51)76(118)102-63(79(121)95-55(24-15-17-30-86)72(114)97-57(29-33-128-9)74(116)94-54(71(89)113)27-28-66(88)110)41-129-130-42-64(103-82(124)68(45(3)4)104-78(120)61(38-67(111)112)99-75(117)58(93-48(8)109)35-49-20-11-10-12-21-49)80(122)96-56(25-16-18-31-87)73(115)98-59(36-50-39-91-53-23-14-13-22-52(50)53)77(119)105-69(46(5)6)83(125)106-70(47(7)108)84(126)101-62/h10-14,20-23,39-40,43-47,54-65,68-70,91,108H,15-19,24-38,41-42,86-87H2,1-9H3,(H2,88,110)(H2,89,113)(H,90,92)(H,93,109)(H,94,116)(H,95,121)(H,96,122)(H,97,114)(H,98,115)(H,99,117)(H,100,123)(H,101,126)(H,102,118)(H,103,124)(H,104,120)(H,105,119)(H,106,125)(H,111,112)/t47-,54+,55+,56+,57+,58+,59+,60+,61+,62+,63+,64+,65+,68+,69+,70+/m1/s1. The van der Waals surface area contributed by atoms with Crippen molar-refractivity contribution in [3.63, 3.8) is 0 Å². The highest BCUT2D eigenvalue weighted by Crippen LogP contribution is 2.27. The summed E-state index contributed by atoms with van der Waals surface area (Å²) >= 11 is 1.30. The van der Waals surface area contributed by atoms with Crippen molar-refractivity contribution in [1.29, 1.82) is 0 Å². The molecule has 0 spiro atoms. The number of nitrogens with one attached hydrogen (secondary N) is 16. The lowest BCUT2D eigenvalue weighted by Crippen LogP contribution is -2.63. The van der Waals surface area contributed by atoms with Crippen molar-refractivity contribution in [2.75, 3.05) is 43.1 Å². The van der Waals surface area contributed by atoms with Gasteiger partial charge in [-0.25, -0.2) is 4.98 Å². The Morgan fingerprint density at radius 3 is 1.80 bits per heavy atom. The Balaban J connectivity index is 1.53. The molecule has 42 nitrogen and oxygen atoms in total. The minimum absolute atomic E-state index is 0.0252. The lowest BCUT2D eigenvalue weighted by molar-refractivity contribution is -0.143. The molecule has 17 amide bonds. The van der Waals surface area contributed by atoms with Gasteiger partial charge in [-0.3, -0.25) is 86.3 Å². The molecule has 26 N–H and O–H groups in total. The number of benzene rings is 2. The van der Waals surface area contributed by atoms with Crippen molar-refractivity contribution < 1.29 is 96.5 Å². The quantitative estimate of drug-likeness (QED) is 0.0156. The number of fused-ring (bicyclic) bond motifs is 2. The van der Waals surface area contributed by atoms with Gasteiger partial charge >= 0.3 is 5.97 Å². The number of rotatable bonds is 41. The van der Waals surface area contributed by atoms with Crippen LogP contribution in [0.1, 0.15) is 156 Å². The van der Waals surface area contributed by atoms with Gasteiger partial charge in [0.15, 0.2) is 0 Å². The maximum absolute atomic E-state index is 15.6. The van der Waals surface area contributed by atoms with Crippen LogP contribution in [-0.4, -0.2) is 276 Å². The number of amides is 17. The number of primary amides is 2. The third-order valence-electron chi connectivity index (χ3n) is 21.6. The second-order valence-corrected chi connectivity index (χ2v) is 36.9. The van der Waals surface area contributed by atoms with Crippen LogP contribution in [-0.2, 0) is 106 Å². The van der Waals surface area contributed by atoms with Crippen molar-refractivity contribution in [3.8, 4) is 0 Å². The van der Waals surface area contributed by atoms with Crippen LogP contribution in [0, 0.1) is 17.8 Å². The first kappa shape index (κ1) is 107. The first-order chi connectivity index (χ1) is 61.7. The number of nitrogens with two attached hydrogens (primary N) is 4. The molecule has 2 fully saturated rings. The van der Waals surface area contributed by atoms with E-state index >= 15 is 38.4 Å². The van der Waals surface area contributed by atoms with E-state index in [1.165, 1.54) is 50.0 Å². The number of aliphatic carboxylic acids is 1. The highest BCUT2D eigenvalue weighted by atomic mass is 33.1. The number of carbonyl (C=O) groups is 18. The van der Waals surface area contributed by atoms with E-state index in [1.807, 2.05) is 0 Å². The highest BCUT2D eigenvalue weighted by molar-refractivity contribution is 8.76. The van der Waals surface area contributed by atoms with Crippen LogP contribution in [0.2, 0.25) is 0 Å². The fourth-order valence-corrected chi connectivity index (χ4v) is 17.4. The van der Waals surface area contributed by atoms with Gasteiger partial charge in [0.2, 0.25) is 100 Å². The summed E-state index contributed by atoms with van der Waals surface area (Å²) in [5.41, 5.74) is 24.8.